The molecule has 1 aromatic carbocycles. The summed E-state index contributed by atoms with van der Waals surface area (Å²) in [6, 6.07) is 6.45. The van der Waals surface area contributed by atoms with E-state index in [-0.39, 0.29) is 5.88 Å². The number of fused-ring (bicyclic) bond motifs is 1. The fourth-order valence-electron chi connectivity index (χ4n) is 2.32. The number of benzene rings is 1. The Hall–Kier alpha value is -2.22. The van der Waals surface area contributed by atoms with Gasteiger partial charge in [0.1, 0.15) is 0 Å². The fraction of sp³-hybridized carbons (Fsp3) is 0.200. The molecule has 0 amide bonds. The number of aromatic hydroxyl groups is 1. The molecule has 4 nitrogen and oxygen atoms in total. The number of hydrogen-bond acceptors (Lipinski definition) is 4. The number of rotatable bonds is 2. The van der Waals surface area contributed by atoms with Crippen LogP contribution in [0.2, 0.25) is 0 Å². The topological polar surface area (TPSA) is 50.4 Å². The number of thioether (sulfide) groups is 1. The van der Waals surface area contributed by atoms with Gasteiger partial charge in [-0.2, -0.15) is 22.8 Å². The lowest BCUT2D eigenvalue weighted by molar-refractivity contribution is -0.137. The third kappa shape index (κ3) is 2.74. The van der Waals surface area contributed by atoms with Crippen molar-refractivity contribution in [2.75, 3.05) is 6.26 Å². The molecule has 23 heavy (non-hydrogen) atoms. The van der Waals surface area contributed by atoms with Crippen molar-refractivity contribution in [3.05, 3.63) is 41.6 Å². The highest BCUT2D eigenvalue weighted by Gasteiger charge is 2.30. The number of aromatic nitrogens is 3. The van der Waals surface area contributed by atoms with Gasteiger partial charge in [0.05, 0.1) is 21.8 Å². The van der Waals surface area contributed by atoms with Gasteiger partial charge in [-0.15, -0.1) is 11.8 Å². The molecule has 0 radical (unpaired) electrons. The minimum Gasteiger partial charge on any atom is -0.492 e. The summed E-state index contributed by atoms with van der Waals surface area (Å²) in [6.45, 7) is 1.75. The van der Waals surface area contributed by atoms with Crippen molar-refractivity contribution in [3.63, 3.8) is 0 Å². The summed E-state index contributed by atoms with van der Waals surface area (Å²) < 4.78 is 39.7. The summed E-state index contributed by atoms with van der Waals surface area (Å²) in [5.74, 6) is -0.0711. The van der Waals surface area contributed by atoms with Crippen LogP contribution in [0.4, 0.5) is 13.2 Å². The molecule has 3 rings (SSSR count). The molecule has 0 saturated heterocycles. The van der Waals surface area contributed by atoms with E-state index >= 15 is 0 Å². The van der Waals surface area contributed by atoms with Crippen LogP contribution in [0.3, 0.4) is 0 Å². The van der Waals surface area contributed by atoms with Crippen molar-refractivity contribution >= 4 is 17.4 Å². The molecule has 2 heterocycles. The summed E-state index contributed by atoms with van der Waals surface area (Å²) in [5.41, 5.74) is 0.901. The van der Waals surface area contributed by atoms with Crippen LogP contribution in [0.25, 0.3) is 16.9 Å². The molecule has 0 fully saturated rings. The van der Waals surface area contributed by atoms with Gasteiger partial charge in [-0.1, -0.05) is 12.1 Å². The van der Waals surface area contributed by atoms with Gasteiger partial charge >= 0.3 is 6.18 Å². The molecular formula is C15H12F3N3OS. The maximum Gasteiger partial charge on any atom is 0.416 e. The number of aryl methyl sites for hydroxylation is 1. The quantitative estimate of drug-likeness (QED) is 0.713. The highest BCUT2D eigenvalue weighted by molar-refractivity contribution is 7.98. The predicted octanol–water partition coefficient (Wildman–Crippen LogP) is 4.15. The average molecular weight is 339 g/mol. The summed E-state index contributed by atoms with van der Waals surface area (Å²) in [7, 11) is 0. The molecule has 0 atom stereocenters. The molecule has 1 N–H and O–H groups in total. The third-order valence-corrected chi connectivity index (χ3v) is 4.28. The first-order valence-corrected chi connectivity index (χ1v) is 7.84. The SMILES string of the molecule is CSc1c(C)nc2cc(-c3cccc(C(F)(F)F)c3)nn2c1O. The van der Waals surface area contributed by atoms with E-state index in [2.05, 4.69) is 10.1 Å². The number of nitrogens with zero attached hydrogens (tertiary/aromatic N) is 3. The first kappa shape index (κ1) is 15.7. The van der Waals surface area contributed by atoms with Crippen LogP contribution in [0, 0.1) is 6.92 Å². The smallest absolute Gasteiger partial charge is 0.416 e. The number of hydrogen-bond donors (Lipinski definition) is 1. The van der Waals surface area contributed by atoms with E-state index < -0.39 is 11.7 Å². The zero-order valence-electron chi connectivity index (χ0n) is 12.2. The molecule has 0 spiro atoms. The van der Waals surface area contributed by atoms with Gasteiger partial charge < -0.3 is 5.11 Å². The molecule has 8 heteroatoms. The Balaban J connectivity index is 2.17. The van der Waals surface area contributed by atoms with E-state index in [0.717, 1.165) is 12.1 Å². The van der Waals surface area contributed by atoms with Gasteiger partial charge in [-0.3, -0.25) is 0 Å². The second-order valence-corrected chi connectivity index (χ2v) is 5.75. The van der Waals surface area contributed by atoms with Crippen LogP contribution in [-0.2, 0) is 6.18 Å². The molecule has 0 aliphatic carbocycles. The average Bonchev–Trinajstić information content (AvgIpc) is 2.91. The molecule has 2 aromatic heterocycles. The van der Waals surface area contributed by atoms with Crippen molar-refractivity contribution in [1.29, 1.82) is 0 Å². The van der Waals surface area contributed by atoms with E-state index in [1.54, 1.807) is 19.2 Å². The number of alkyl halides is 3. The van der Waals surface area contributed by atoms with Crippen molar-refractivity contribution in [3.8, 4) is 17.1 Å². The van der Waals surface area contributed by atoms with Crippen LogP contribution >= 0.6 is 11.8 Å². The van der Waals surface area contributed by atoms with E-state index in [9.17, 15) is 18.3 Å². The van der Waals surface area contributed by atoms with Crippen molar-refractivity contribution in [2.24, 2.45) is 0 Å². The third-order valence-electron chi connectivity index (χ3n) is 3.39. The van der Waals surface area contributed by atoms with E-state index in [0.29, 0.717) is 27.5 Å². The molecule has 0 saturated carbocycles. The van der Waals surface area contributed by atoms with Gasteiger partial charge in [0.25, 0.3) is 0 Å². The van der Waals surface area contributed by atoms with Gasteiger partial charge in [-0.05, 0) is 25.3 Å². The molecule has 0 aliphatic heterocycles. The Labute approximate surface area is 134 Å². The first-order valence-electron chi connectivity index (χ1n) is 6.62. The van der Waals surface area contributed by atoms with E-state index in [4.69, 9.17) is 0 Å². The minimum absolute atomic E-state index is 0.0711. The van der Waals surface area contributed by atoms with Crippen LogP contribution in [-0.4, -0.2) is 26.0 Å². The zero-order chi connectivity index (χ0) is 16.8. The maximum absolute atomic E-state index is 12.8. The Bertz CT molecular complexity index is 890. The van der Waals surface area contributed by atoms with E-state index in [1.165, 1.54) is 28.4 Å². The molecule has 0 aliphatic rings. The Morgan fingerprint density at radius 1 is 1.22 bits per heavy atom. The maximum atomic E-state index is 12.8. The van der Waals surface area contributed by atoms with Gasteiger partial charge in [-0.25, -0.2) is 4.98 Å². The monoisotopic (exact) mass is 339 g/mol. The highest BCUT2D eigenvalue weighted by atomic mass is 32.2. The lowest BCUT2D eigenvalue weighted by atomic mass is 10.1. The second kappa shape index (κ2) is 5.45. The standard InChI is InChI=1S/C15H12F3N3OS/c1-8-13(23-2)14(22)21-12(19-8)7-11(20-21)9-4-3-5-10(6-9)15(16,17)18/h3-7,22H,1-2H3. The first-order chi connectivity index (χ1) is 10.8. The summed E-state index contributed by atoms with van der Waals surface area (Å²) >= 11 is 1.33. The summed E-state index contributed by atoms with van der Waals surface area (Å²) in [4.78, 5) is 4.90. The lowest BCUT2D eigenvalue weighted by Crippen LogP contribution is -2.04. The highest BCUT2D eigenvalue weighted by Crippen LogP contribution is 2.34. The number of halogens is 3. The molecule has 0 unspecified atom stereocenters. The predicted molar refractivity (Wildman–Crippen MR) is 81.6 cm³/mol. The van der Waals surface area contributed by atoms with Crippen LogP contribution in [0.5, 0.6) is 5.88 Å². The zero-order valence-corrected chi connectivity index (χ0v) is 13.0. The van der Waals surface area contributed by atoms with Gasteiger partial charge in [0.15, 0.2) is 5.65 Å². The summed E-state index contributed by atoms with van der Waals surface area (Å²) in [6.07, 6.45) is -2.62. The Morgan fingerprint density at radius 3 is 2.61 bits per heavy atom. The van der Waals surface area contributed by atoms with Crippen molar-refractivity contribution in [1.82, 2.24) is 14.6 Å². The molecule has 120 valence electrons. The van der Waals surface area contributed by atoms with Crippen molar-refractivity contribution in [2.45, 2.75) is 18.0 Å². The largest absolute Gasteiger partial charge is 0.492 e. The Morgan fingerprint density at radius 2 is 1.96 bits per heavy atom. The minimum atomic E-state index is -4.42. The van der Waals surface area contributed by atoms with Gasteiger partial charge in [0.2, 0.25) is 5.88 Å². The molecule has 3 aromatic rings. The second-order valence-electron chi connectivity index (χ2n) is 4.93. The van der Waals surface area contributed by atoms with Crippen LogP contribution < -0.4 is 0 Å². The molecule has 0 bridgehead atoms. The Kier molecular flexibility index (Phi) is 3.71. The van der Waals surface area contributed by atoms with Crippen LogP contribution in [0.15, 0.2) is 35.2 Å². The van der Waals surface area contributed by atoms with E-state index in [1.807, 2.05) is 0 Å². The van der Waals surface area contributed by atoms with Crippen LogP contribution in [0.1, 0.15) is 11.3 Å². The van der Waals surface area contributed by atoms with Gasteiger partial charge in [0, 0.05) is 11.6 Å². The van der Waals surface area contributed by atoms with Crippen molar-refractivity contribution < 1.29 is 18.3 Å². The molecular weight excluding hydrogens is 327 g/mol. The fourth-order valence-corrected chi connectivity index (χ4v) is 2.93. The normalized spacial score (nSPS) is 12.0. The lowest BCUT2D eigenvalue weighted by Gasteiger charge is -2.07. The summed E-state index contributed by atoms with van der Waals surface area (Å²) in [5, 5.41) is 14.4.